The Morgan fingerprint density at radius 2 is 1.53 bits per heavy atom. The Morgan fingerprint density at radius 3 is 1.97 bits per heavy atom. The van der Waals surface area contributed by atoms with E-state index >= 15 is 0 Å². The van der Waals surface area contributed by atoms with Crippen molar-refractivity contribution in [1.82, 2.24) is 0 Å². The zero-order valence-electron chi connectivity index (χ0n) is 21.9. The lowest BCUT2D eigenvalue weighted by atomic mass is 9.96. The van der Waals surface area contributed by atoms with Crippen LogP contribution in [0.25, 0.3) is 0 Å². The Balaban J connectivity index is 2.66. The van der Waals surface area contributed by atoms with Crippen molar-refractivity contribution >= 4 is 29.9 Å². The number of furan rings is 1. The minimum atomic E-state index is -2.21. The second-order valence-electron chi connectivity index (χ2n) is 10.3. The van der Waals surface area contributed by atoms with Gasteiger partial charge in [0, 0.05) is 27.9 Å². The average molecular weight is 535 g/mol. The van der Waals surface area contributed by atoms with Crippen LogP contribution in [0.5, 0.6) is 5.95 Å². The largest absolute Gasteiger partial charge is 0.517 e. The summed E-state index contributed by atoms with van der Waals surface area (Å²) in [6.45, 7) is 18.8. The Morgan fingerprint density at radius 1 is 1.00 bits per heavy atom. The van der Waals surface area contributed by atoms with Gasteiger partial charge in [-0.1, -0.05) is 41.5 Å². The van der Waals surface area contributed by atoms with E-state index in [-0.39, 0.29) is 11.6 Å². The van der Waals surface area contributed by atoms with Crippen LogP contribution >= 0.6 is 15.9 Å². The zero-order valence-corrected chi connectivity index (χ0v) is 24.5. The van der Waals surface area contributed by atoms with Crippen LogP contribution in [-0.4, -0.2) is 47.8 Å². The SMILES string of the molecule is COC(OC)c1oc(O[Si](C(C)C)(C(C)C)C(C)C)c(Br)c1N1CCC[C@H]1C(C)(C)OC. The molecule has 6 nitrogen and oxygen atoms in total. The number of methoxy groups -OCH3 is 3. The second-order valence-corrected chi connectivity index (χ2v) is 16.5. The van der Waals surface area contributed by atoms with Crippen molar-refractivity contribution in [3.8, 4) is 5.95 Å². The molecule has 0 amide bonds. The zero-order chi connectivity index (χ0) is 24.4. The maximum Gasteiger partial charge on any atom is 0.288 e. The van der Waals surface area contributed by atoms with E-state index in [2.05, 4.69) is 76.2 Å². The molecule has 0 bridgehead atoms. The van der Waals surface area contributed by atoms with E-state index in [1.165, 1.54) is 0 Å². The number of rotatable bonds is 11. The standard InChI is InChI=1S/C24H44BrNO5Si/c1-15(2)32(16(3)4,17(5)6)31-22-19(25)20(21(30-22)23(27-9)28-10)26-14-12-13-18(26)24(7,8)29-11/h15-18,23H,12-14H2,1-11H3/t18-/m0/s1. The summed E-state index contributed by atoms with van der Waals surface area (Å²) in [7, 11) is 2.82. The highest BCUT2D eigenvalue weighted by molar-refractivity contribution is 9.10. The Labute approximate surface area is 204 Å². The van der Waals surface area contributed by atoms with Crippen LogP contribution in [0.3, 0.4) is 0 Å². The van der Waals surface area contributed by atoms with E-state index in [0.29, 0.717) is 28.3 Å². The van der Waals surface area contributed by atoms with Crippen LogP contribution in [0.1, 0.15) is 80.3 Å². The summed E-state index contributed by atoms with van der Waals surface area (Å²) in [5.41, 5.74) is 1.92. The fourth-order valence-corrected chi connectivity index (χ4v) is 11.5. The molecule has 0 aromatic carbocycles. The molecule has 0 unspecified atom stereocenters. The number of halogens is 1. The second kappa shape index (κ2) is 10.8. The first-order chi connectivity index (χ1) is 14.9. The van der Waals surface area contributed by atoms with Gasteiger partial charge in [0.2, 0.25) is 6.29 Å². The maximum atomic E-state index is 6.94. The molecule has 2 heterocycles. The van der Waals surface area contributed by atoms with Crippen molar-refractivity contribution in [2.24, 2.45) is 0 Å². The molecular formula is C24H44BrNO5Si. The summed E-state index contributed by atoms with van der Waals surface area (Å²) < 4.78 is 31.4. The molecular weight excluding hydrogens is 490 g/mol. The molecule has 0 saturated carbocycles. The van der Waals surface area contributed by atoms with E-state index < -0.39 is 14.6 Å². The monoisotopic (exact) mass is 533 g/mol. The summed E-state index contributed by atoms with van der Waals surface area (Å²) in [6, 6.07) is 0.199. The highest BCUT2D eigenvalue weighted by atomic mass is 79.9. The molecule has 1 aliphatic rings. The summed E-state index contributed by atoms with van der Waals surface area (Å²) in [5, 5.41) is 0. The van der Waals surface area contributed by atoms with Gasteiger partial charge < -0.3 is 28.0 Å². The predicted octanol–water partition coefficient (Wildman–Crippen LogP) is 7.28. The van der Waals surface area contributed by atoms with E-state index in [1.807, 2.05) is 0 Å². The molecule has 1 aromatic heterocycles. The molecule has 1 aliphatic heterocycles. The van der Waals surface area contributed by atoms with Gasteiger partial charge in [0.1, 0.15) is 10.2 Å². The molecule has 32 heavy (non-hydrogen) atoms. The number of hydrogen-bond acceptors (Lipinski definition) is 6. The van der Waals surface area contributed by atoms with Crippen LogP contribution in [0.4, 0.5) is 5.69 Å². The molecule has 8 heteroatoms. The maximum absolute atomic E-state index is 6.94. The fraction of sp³-hybridized carbons (Fsp3) is 0.833. The quantitative estimate of drug-likeness (QED) is 0.220. The van der Waals surface area contributed by atoms with E-state index in [1.54, 1.807) is 21.3 Å². The van der Waals surface area contributed by atoms with Gasteiger partial charge in [-0.15, -0.1) is 0 Å². The van der Waals surface area contributed by atoms with Crippen molar-refractivity contribution in [3.05, 3.63) is 10.2 Å². The fourth-order valence-electron chi connectivity index (χ4n) is 5.61. The molecule has 1 aromatic rings. The average Bonchev–Trinajstić information content (AvgIpc) is 3.31. The summed E-state index contributed by atoms with van der Waals surface area (Å²) in [4.78, 5) is 2.37. The smallest absolute Gasteiger partial charge is 0.288 e. The third kappa shape index (κ3) is 4.94. The van der Waals surface area contributed by atoms with E-state index in [9.17, 15) is 0 Å². The lowest BCUT2D eigenvalue weighted by molar-refractivity contribution is -0.118. The van der Waals surface area contributed by atoms with Crippen molar-refractivity contribution < 1.29 is 23.1 Å². The first-order valence-electron chi connectivity index (χ1n) is 11.8. The van der Waals surface area contributed by atoms with Gasteiger partial charge in [-0.3, -0.25) is 0 Å². The number of anilines is 1. The molecule has 1 atom stereocenters. The molecule has 0 N–H and O–H groups in total. The molecule has 0 radical (unpaired) electrons. The molecule has 1 fully saturated rings. The normalized spacial score (nSPS) is 18.1. The van der Waals surface area contributed by atoms with Gasteiger partial charge in [-0.25, -0.2) is 0 Å². The Kier molecular flexibility index (Phi) is 9.35. The minimum absolute atomic E-state index is 0.199. The molecule has 0 aliphatic carbocycles. The van der Waals surface area contributed by atoms with Crippen LogP contribution in [-0.2, 0) is 14.2 Å². The highest BCUT2D eigenvalue weighted by Crippen LogP contribution is 2.51. The van der Waals surface area contributed by atoms with Gasteiger partial charge in [0.25, 0.3) is 14.3 Å². The summed E-state index contributed by atoms with van der Waals surface area (Å²) in [5.74, 6) is 1.17. The minimum Gasteiger partial charge on any atom is -0.517 e. The molecule has 1 saturated heterocycles. The molecule has 0 spiro atoms. The van der Waals surface area contributed by atoms with Crippen molar-refractivity contribution in [1.29, 1.82) is 0 Å². The van der Waals surface area contributed by atoms with Crippen LogP contribution in [0.2, 0.25) is 16.6 Å². The lowest BCUT2D eigenvalue weighted by Crippen LogP contribution is -2.50. The van der Waals surface area contributed by atoms with Gasteiger partial charge in [0.15, 0.2) is 5.76 Å². The van der Waals surface area contributed by atoms with Crippen LogP contribution in [0, 0.1) is 0 Å². The van der Waals surface area contributed by atoms with Gasteiger partial charge in [0.05, 0.1) is 11.6 Å². The summed E-state index contributed by atoms with van der Waals surface area (Å²) >= 11 is 3.86. The Bertz CT molecular complexity index is 723. The van der Waals surface area contributed by atoms with Crippen molar-refractivity contribution in [3.63, 3.8) is 0 Å². The van der Waals surface area contributed by atoms with Gasteiger partial charge in [-0.2, -0.15) is 0 Å². The number of nitrogens with zero attached hydrogens (tertiary/aromatic N) is 1. The first-order valence-corrected chi connectivity index (χ1v) is 14.7. The third-order valence-electron chi connectivity index (χ3n) is 7.31. The first kappa shape index (κ1) is 27.7. The van der Waals surface area contributed by atoms with Gasteiger partial charge in [-0.05, 0) is 59.2 Å². The van der Waals surface area contributed by atoms with Crippen molar-refractivity contribution in [2.75, 3.05) is 32.8 Å². The van der Waals surface area contributed by atoms with E-state index in [0.717, 1.165) is 29.5 Å². The number of hydrogen-bond donors (Lipinski definition) is 0. The van der Waals surface area contributed by atoms with Crippen LogP contribution < -0.4 is 9.33 Å². The highest BCUT2D eigenvalue weighted by Gasteiger charge is 2.49. The Hall–Kier alpha value is -0.543. The van der Waals surface area contributed by atoms with Gasteiger partial charge >= 0.3 is 0 Å². The molecule has 186 valence electrons. The third-order valence-corrected chi connectivity index (χ3v) is 14.0. The topological polar surface area (TPSA) is 53.3 Å². The van der Waals surface area contributed by atoms with Crippen LogP contribution in [0.15, 0.2) is 8.89 Å². The number of ether oxygens (including phenoxy) is 3. The molecule has 2 rings (SSSR count). The predicted molar refractivity (Wildman–Crippen MR) is 136 cm³/mol. The lowest BCUT2D eigenvalue weighted by Gasteiger charge is -2.41. The summed E-state index contributed by atoms with van der Waals surface area (Å²) in [6.07, 6.45) is 1.50. The van der Waals surface area contributed by atoms with E-state index in [4.69, 9.17) is 23.1 Å². The van der Waals surface area contributed by atoms with Crippen molar-refractivity contribution in [2.45, 2.75) is 103 Å².